The number of rotatable bonds is 3. The number of hydrogen-bond acceptors (Lipinski definition) is 5. The molecule has 1 aliphatic rings. The highest BCUT2D eigenvalue weighted by Gasteiger charge is 2.28. The molecule has 1 fully saturated rings. The van der Waals surface area contributed by atoms with Crippen molar-refractivity contribution in [2.24, 2.45) is 11.8 Å². The van der Waals surface area contributed by atoms with E-state index in [0.717, 1.165) is 5.69 Å². The Balaban J connectivity index is 2.07. The van der Waals surface area contributed by atoms with E-state index in [-0.39, 0.29) is 6.04 Å². The lowest BCUT2D eigenvalue weighted by molar-refractivity contribution is 0.228. The third-order valence-corrected chi connectivity index (χ3v) is 3.02. The molecule has 3 N–H and O–H groups in total. The minimum Gasteiger partial charge on any atom is -0.271 e. The molecule has 0 bridgehead atoms. The van der Waals surface area contributed by atoms with Gasteiger partial charge in [0.05, 0.1) is 11.7 Å². The first-order chi connectivity index (χ1) is 5.92. The third kappa shape index (κ3) is 1.35. The normalized spacial score (nSPS) is 20.4. The topological polar surface area (TPSA) is 63.8 Å². The summed E-state index contributed by atoms with van der Waals surface area (Å²) in [5.41, 5.74) is 3.80. The quantitative estimate of drug-likeness (QED) is 0.540. The van der Waals surface area contributed by atoms with Crippen LogP contribution in [-0.2, 0) is 0 Å². The monoisotopic (exact) mass is 184 g/mol. The fourth-order valence-electron chi connectivity index (χ4n) is 1.54. The van der Waals surface area contributed by atoms with Crippen LogP contribution >= 0.6 is 11.5 Å². The van der Waals surface area contributed by atoms with Crippen LogP contribution in [0.4, 0.5) is 0 Å². The van der Waals surface area contributed by atoms with E-state index in [9.17, 15) is 0 Å². The van der Waals surface area contributed by atoms with Crippen LogP contribution in [0.3, 0.4) is 0 Å². The van der Waals surface area contributed by atoms with Gasteiger partial charge in [0, 0.05) is 5.38 Å². The molecule has 0 spiro atoms. The Bertz CT molecular complexity index is 232. The molecule has 66 valence electrons. The first-order valence-electron chi connectivity index (χ1n) is 4.15. The van der Waals surface area contributed by atoms with Gasteiger partial charge in [-0.05, 0) is 30.3 Å². The molecular formula is C7H12N4S. The highest BCUT2D eigenvalue weighted by Crippen LogP contribution is 2.36. The molecule has 12 heavy (non-hydrogen) atoms. The highest BCUT2D eigenvalue weighted by molar-refractivity contribution is 7.03. The van der Waals surface area contributed by atoms with Crippen molar-refractivity contribution in [3.63, 3.8) is 0 Å². The Morgan fingerprint density at radius 3 is 2.92 bits per heavy atom. The molecule has 0 aromatic carbocycles. The van der Waals surface area contributed by atoms with E-state index >= 15 is 0 Å². The van der Waals surface area contributed by atoms with E-state index in [1.165, 1.54) is 30.8 Å². The summed E-state index contributed by atoms with van der Waals surface area (Å²) < 4.78 is 3.83. The van der Waals surface area contributed by atoms with Crippen LogP contribution in [0.15, 0.2) is 5.38 Å². The highest BCUT2D eigenvalue weighted by atomic mass is 32.1. The van der Waals surface area contributed by atoms with Crippen LogP contribution in [0.2, 0.25) is 0 Å². The summed E-state index contributed by atoms with van der Waals surface area (Å²) in [6.45, 7) is 0. The molecule has 0 amide bonds. The number of nitrogens with two attached hydrogens (primary N) is 1. The number of hydrazine groups is 1. The zero-order valence-electron chi connectivity index (χ0n) is 6.73. The van der Waals surface area contributed by atoms with E-state index in [0.29, 0.717) is 5.92 Å². The van der Waals surface area contributed by atoms with Crippen molar-refractivity contribution >= 4 is 11.5 Å². The fourth-order valence-corrected chi connectivity index (χ4v) is 2.03. The molecule has 4 nitrogen and oxygen atoms in total. The summed E-state index contributed by atoms with van der Waals surface area (Å²) in [6.07, 6.45) is 3.83. The van der Waals surface area contributed by atoms with Gasteiger partial charge in [0.1, 0.15) is 0 Å². The van der Waals surface area contributed by atoms with Crippen molar-refractivity contribution in [1.29, 1.82) is 0 Å². The van der Waals surface area contributed by atoms with E-state index in [4.69, 9.17) is 5.84 Å². The van der Waals surface area contributed by atoms with Crippen LogP contribution < -0.4 is 11.3 Å². The number of nitrogens with zero attached hydrogens (tertiary/aromatic N) is 2. The molecule has 5 heteroatoms. The Kier molecular flexibility index (Phi) is 2.34. The van der Waals surface area contributed by atoms with E-state index in [1.807, 2.05) is 5.38 Å². The molecule has 1 heterocycles. The second-order valence-electron chi connectivity index (χ2n) is 3.17. The minimum absolute atomic E-state index is 0.220. The van der Waals surface area contributed by atoms with E-state index < -0.39 is 0 Å². The van der Waals surface area contributed by atoms with Gasteiger partial charge in [-0.1, -0.05) is 10.9 Å². The molecule has 2 rings (SSSR count). The van der Waals surface area contributed by atoms with Crippen molar-refractivity contribution in [3.05, 3.63) is 11.1 Å². The molecule has 1 aromatic heterocycles. The molecule has 0 saturated heterocycles. The maximum atomic E-state index is 5.46. The Morgan fingerprint density at radius 2 is 2.50 bits per heavy atom. The van der Waals surface area contributed by atoms with Crippen molar-refractivity contribution in [1.82, 2.24) is 15.0 Å². The summed E-state index contributed by atoms with van der Waals surface area (Å²) in [5.74, 6) is 6.13. The van der Waals surface area contributed by atoms with Crippen LogP contribution in [0, 0.1) is 5.92 Å². The lowest BCUT2D eigenvalue weighted by atomic mass is 9.79. The largest absolute Gasteiger partial charge is 0.271 e. The molecule has 1 unspecified atom stereocenters. The van der Waals surface area contributed by atoms with Gasteiger partial charge in [-0.3, -0.25) is 11.3 Å². The minimum atomic E-state index is 0.220. The van der Waals surface area contributed by atoms with E-state index in [2.05, 4.69) is 15.0 Å². The summed E-state index contributed by atoms with van der Waals surface area (Å²) >= 11 is 1.38. The van der Waals surface area contributed by atoms with Gasteiger partial charge in [-0.25, -0.2) is 0 Å². The number of aromatic nitrogens is 2. The Labute approximate surface area is 75.3 Å². The standard InChI is InChI=1S/C7H12N4S/c8-9-7(5-2-1-3-5)6-4-12-11-10-6/h4-5,7,9H,1-3,8H2. The Hall–Kier alpha value is -0.520. The molecule has 1 saturated carbocycles. The summed E-state index contributed by atoms with van der Waals surface area (Å²) in [5, 5.41) is 5.98. The van der Waals surface area contributed by atoms with Crippen molar-refractivity contribution in [3.8, 4) is 0 Å². The third-order valence-electron chi connectivity index (χ3n) is 2.50. The smallest absolute Gasteiger partial charge is 0.0941 e. The second kappa shape index (κ2) is 3.47. The maximum Gasteiger partial charge on any atom is 0.0941 e. The van der Waals surface area contributed by atoms with Gasteiger partial charge >= 0.3 is 0 Å². The maximum absolute atomic E-state index is 5.46. The van der Waals surface area contributed by atoms with Crippen LogP contribution in [0.1, 0.15) is 31.0 Å². The number of hydrogen-bond donors (Lipinski definition) is 2. The average Bonchev–Trinajstić information content (AvgIpc) is 2.47. The second-order valence-corrected chi connectivity index (χ2v) is 3.77. The van der Waals surface area contributed by atoms with Gasteiger partial charge in [0.2, 0.25) is 0 Å². The average molecular weight is 184 g/mol. The summed E-state index contributed by atoms with van der Waals surface area (Å²) in [6, 6.07) is 0.220. The van der Waals surface area contributed by atoms with E-state index in [1.54, 1.807) is 0 Å². The molecule has 0 radical (unpaired) electrons. The van der Waals surface area contributed by atoms with Crippen LogP contribution in [0.25, 0.3) is 0 Å². The van der Waals surface area contributed by atoms with Gasteiger partial charge in [-0.2, -0.15) is 0 Å². The zero-order valence-corrected chi connectivity index (χ0v) is 7.55. The molecular weight excluding hydrogens is 172 g/mol. The SMILES string of the molecule is NNC(c1csnn1)C1CCC1. The Morgan fingerprint density at radius 1 is 1.67 bits per heavy atom. The first kappa shape index (κ1) is 8.10. The summed E-state index contributed by atoms with van der Waals surface area (Å²) in [4.78, 5) is 0. The molecule has 1 atom stereocenters. The predicted molar refractivity (Wildman–Crippen MR) is 47.3 cm³/mol. The lowest BCUT2D eigenvalue weighted by Crippen LogP contribution is -2.36. The van der Waals surface area contributed by atoms with Gasteiger partial charge in [-0.15, -0.1) is 5.10 Å². The van der Waals surface area contributed by atoms with Gasteiger partial charge in [0.25, 0.3) is 0 Å². The molecule has 1 aromatic rings. The van der Waals surface area contributed by atoms with Crippen molar-refractivity contribution < 1.29 is 0 Å². The first-order valence-corrected chi connectivity index (χ1v) is 4.98. The van der Waals surface area contributed by atoms with Gasteiger partial charge in [0.15, 0.2) is 0 Å². The van der Waals surface area contributed by atoms with Gasteiger partial charge < -0.3 is 0 Å². The van der Waals surface area contributed by atoms with Crippen molar-refractivity contribution in [2.45, 2.75) is 25.3 Å². The van der Waals surface area contributed by atoms with Crippen LogP contribution in [-0.4, -0.2) is 9.59 Å². The zero-order chi connectivity index (χ0) is 8.39. The fraction of sp³-hybridized carbons (Fsp3) is 0.714. The molecule has 1 aliphatic carbocycles. The summed E-state index contributed by atoms with van der Waals surface area (Å²) in [7, 11) is 0. The molecule has 0 aliphatic heterocycles. The van der Waals surface area contributed by atoms with Crippen LogP contribution in [0.5, 0.6) is 0 Å². The van der Waals surface area contributed by atoms with Crippen molar-refractivity contribution in [2.75, 3.05) is 0 Å². The lowest BCUT2D eigenvalue weighted by Gasteiger charge is -2.31. The predicted octanol–water partition coefficient (Wildman–Crippen LogP) is 0.843. The number of nitrogens with one attached hydrogen (secondary N) is 1.